The van der Waals surface area contributed by atoms with Crippen molar-refractivity contribution in [2.24, 2.45) is 0 Å². The predicted octanol–water partition coefficient (Wildman–Crippen LogP) is 4.21. The fourth-order valence-electron chi connectivity index (χ4n) is 1.91. The van der Waals surface area contributed by atoms with Crippen LogP contribution in [0.1, 0.15) is 0 Å². The average Bonchev–Trinajstić information content (AvgIpc) is 2.84. The van der Waals surface area contributed by atoms with E-state index < -0.39 is 0 Å². The monoisotopic (exact) mass is 290 g/mol. The van der Waals surface area contributed by atoms with Crippen LogP contribution < -0.4 is 10.5 Å². The summed E-state index contributed by atoms with van der Waals surface area (Å²) >= 11 is 7.72. The lowest BCUT2D eigenvalue weighted by molar-refractivity contribution is 0.417. The Bertz CT molecular complexity index is 754. The number of methoxy groups -OCH3 is 1. The summed E-state index contributed by atoms with van der Waals surface area (Å²) in [4.78, 5) is 4.58. The highest BCUT2D eigenvalue weighted by Gasteiger charge is 2.10. The van der Waals surface area contributed by atoms with Crippen molar-refractivity contribution in [1.82, 2.24) is 4.98 Å². The summed E-state index contributed by atoms with van der Waals surface area (Å²) in [5.74, 6) is 0.669. The molecule has 0 radical (unpaired) electrons. The minimum absolute atomic E-state index is 0.602. The van der Waals surface area contributed by atoms with E-state index in [1.54, 1.807) is 18.4 Å². The number of halogens is 1. The molecule has 5 heteroatoms. The van der Waals surface area contributed by atoms with Crippen molar-refractivity contribution in [1.29, 1.82) is 0 Å². The van der Waals surface area contributed by atoms with E-state index in [0.29, 0.717) is 11.4 Å². The SMILES string of the molecule is COc1ccc(-c2nc3cccc(Cl)c3s2)cc1N. The second-order valence-corrected chi connectivity index (χ2v) is 5.47. The molecule has 2 aromatic carbocycles. The zero-order valence-electron chi connectivity index (χ0n) is 10.2. The van der Waals surface area contributed by atoms with Crippen LogP contribution in [0.2, 0.25) is 5.02 Å². The van der Waals surface area contributed by atoms with Crippen molar-refractivity contribution < 1.29 is 4.74 Å². The number of benzene rings is 2. The quantitative estimate of drug-likeness (QED) is 0.719. The normalized spacial score (nSPS) is 10.8. The molecule has 1 heterocycles. The molecule has 0 aliphatic carbocycles. The maximum absolute atomic E-state index is 6.16. The second kappa shape index (κ2) is 4.72. The molecule has 0 fully saturated rings. The Labute approximate surface area is 119 Å². The highest BCUT2D eigenvalue weighted by Crippen LogP contribution is 2.36. The Kier molecular flexibility index (Phi) is 3.05. The number of rotatable bonds is 2. The highest BCUT2D eigenvalue weighted by atomic mass is 35.5. The van der Waals surface area contributed by atoms with E-state index >= 15 is 0 Å². The van der Waals surface area contributed by atoms with Gasteiger partial charge in [0, 0.05) is 5.56 Å². The third kappa shape index (κ3) is 2.13. The van der Waals surface area contributed by atoms with Crippen molar-refractivity contribution in [2.45, 2.75) is 0 Å². The number of hydrogen-bond donors (Lipinski definition) is 1. The third-order valence-corrected chi connectivity index (χ3v) is 4.42. The van der Waals surface area contributed by atoms with Gasteiger partial charge in [0.15, 0.2) is 0 Å². The van der Waals surface area contributed by atoms with Crippen molar-refractivity contribution in [2.75, 3.05) is 12.8 Å². The number of thiazole rings is 1. The van der Waals surface area contributed by atoms with Crippen LogP contribution in [0.3, 0.4) is 0 Å². The van der Waals surface area contributed by atoms with Crippen molar-refractivity contribution in [3.05, 3.63) is 41.4 Å². The molecule has 3 aromatic rings. The number of fused-ring (bicyclic) bond motifs is 1. The first kappa shape index (κ1) is 12.3. The van der Waals surface area contributed by atoms with Crippen molar-refractivity contribution >= 4 is 38.8 Å². The standard InChI is InChI=1S/C14H11ClN2OS/c1-18-12-6-5-8(7-10(12)16)14-17-11-4-2-3-9(15)13(11)19-14/h2-7H,16H2,1H3. The van der Waals surface area contributed by atoms with Crippen LogP contribution in [0.25, 0.3) is 20.8 Å². The van der Waals surface area contributed by atoms with Gasteiger partial charge >= 0.3 is 0 Å². The molecule has 0 unspecified atom stereocenters. The smallest absolute Gasteiger partial charge is 0.141 e. The molecule has 0 amide bonds. The number of ether oxygens (including phenoxy) is 1. The summed E-state index contributed by atoms with van der Waals surface area (Å²) in [5, 5.41) is 1.63. The van der Waals surface area contributed by atoms with E-state index in [-0.39, 0.29) is 0 Å². The van der Waals surface area contributed by atoms with Crippen LogP contribution >= 0.6 is 22.9 Å². The molecule has 0 saturated carbocycles. The van der Waals surface area contributed by atoms with E-state index in [1.165, 1.54) is 0 Å². The Morgan fingerprint density at radius 1 is 1.26 bits per heavy atom. The number of anilines is 1. The number of nitrogens with two attached hydrogens (primary N) is 1. The first-order valence-corrected chi connectivity index (χ1v) is 6.87. The minimum atomic E-state index is 0.602. The summed E-state index contributed by atoms with van der Waals surface area (Å²) in [6, 6.07) is 11.4. The molecule has 0 atom stereocenters. The van der Waals surface area contributed by atoms with Gasteiger partial charge in [-0.1, -0.05) is 17.7 Å². The van der Waals surface area contributed by atoms with Gasteiger partial charge in [0.05, 0.1) is 28.0 Å². The molecule has 3 nitrogen and oxygen atoms in total. The third-order valence-electron chi connectivity index (χ3n) is 2.84. The van der Waals surface area contributed by atoms with E-state index in [1.807, 2.05) is 36.4 Å². The molecule has 0 spiro atoms. The molecule has 96 valence electrons. The van der Waals surface area contributed by atoms with Crippen LogP contribution in [0.4, 0.5) is 5.69 Å². The summed E-state index contributed by atoms with van der Waals surface area (Å²) in [7, 11) is 1.60. The zero-order chi connectivity index (χ0) is 13.4. The number of hydrogen-bond acceptors (Lipinski definition) is 4. The Hall–Kier alpha value is -1.78. The van der Waals surface area contributed by atoms with Crippen molar-refractivity contribution in [3.8, 4) is 16.3 Å². The van der Waals surface area contributed by atoms with E-state index in [0.717, 1.165) is 25.8 Å². The Balaban J connectivity index is 2.14. The molecule has 19 heavy (non-hydrogen) atoms. The molecule has 1 aromatic heterocycles. The summed E-state index contributed by atoms with van der Waals surface area (Å²) in [6.45, 7) is 0. The molecule has 0 aliphatic rings. The molecule has 0 bridgehead atoms. The van der Waals surface area contributed by atoms with Gasteiger partial charge in [-0.25, -0.2) is 4.98 Å². The first-order valence-electron chi connectivity index (χ1n) is 5.68. The van der Waals surface area contributed by atoms with Crippen LogP contribution in [0, 0.1) is 0 Å². The molecule has 0 aliphatic heterocycles. The van der Waals surface area contributed by atoms with E-state index in [4.69, 9.17) is 22.1 Å². The van der Waals surface area contributed by atoms with Crippen LogP contribution in [0.15, 0.2) is 36.4 Å². The average molecular weight is 291 g/mol. The lowest BCUT2D eigenvalue weighted by atomic mass is 10.2. The second-order valence-electron chi connectivity index (χ2n) is 4.06. The minimum Gasteiger partial charge on any atom is -0.495 e. The zero-order valence-corrected chi connectivity index (χ0v) is 11.8. The highest BCUT2D eigenvalue weighted by molar-refractivity contribution is 7.22. The van der Waals surface area contributed by atoms with Crippen LogP contribution in [0.5, 0.6) is 5.75 Å². The van der Waals surface area contributed by atoms with Gasteiger partial charge < -0.3 is 10.5 Å². The van der Waals surface area contributed by atoms with Gasteiger partial charge in [-0.15, -0.1) is 11.3 Å². The fraction of sp³-hybridized carbons (Fsp3) is 0.0714. The van der Waals surface area contributed by atoms with Gasteiger partial charge in [0.2, 0.25) is 0 Å². The maximum Gasteiger partial charge on any atom is 0.141 e. The lowest BCUT2D eigenvalue weighted by Crippen LogP contribution is -1.92. The van der Waals surface area contributed by atoms with Gasteiger partial charge in [-0.3, -0.25) is 0 Å². The molecular weight excluding hydrogens is 280 g/mol. The molecule has 0 saturated heterocycles. The first-order chi connectivity index (χ1) is 9.19. The van der Waals surface area contributed by atoms with Crippen LogP contribution in [-0.4, -0.2) is 12.1 Å². The van der Waals surface area contributed by atoms with Gasteiger partial charge in [0.25, 0.3) is 0 Å². The number of nitrogens with zero attached hydrogens (tertiary/aromatic N) is 1. The Morgan fingerprint density at radius 2 is 2.11 bits per heavy atom. The fourth-order valence-corrected chi connectivity index (χ4v) is 3.16. The number of nitrogen functional groups attached to an aromatic ring is 1. The molecule has 2 N–H and O–H groups in total. The summed E-state index contributed by atoms with van der Waals surface area (Å²) in [5.41, 5.74) is 8.39. The van der Waals surface area contributed by atoms with Crippen molar-refractivity contribution in [3.63, 3.8) is 0 Å². The molecule has 3 rings (SSSR count). The summed E-state index contributed by atoms with van der Waals surface area (Å²) in [6.07, 6.45) is 0. The topological polar surface area (TPSA) is 48.1 Å². The predicted molar refractivity (Wildman–Crippen MR) is 81.0 cm³/mol. The Morgan fingerprint density at radius 3 is 2.79 bits per heavy atom. The van der Waals surface area contributed by atoms with E-state index in [9.17, 15) is 0 Å². The number of aromatic nitrogens is 1. The summed E-state index contributed by atoms with van der Waals surface area (Å²) < 4.78 is 6.14. The lowest BCUT2D eigenvalue weighted by Gasteiger charge is -2.04. The van der Waals surface area contributed by atoms with Gasteiger partial charge in [-0.05, 0) is 30.3 Å². The largest absolute Gasteiger partial charge is 0.495 e. The van der Waals surface area contributed by atoms with Crippen LogP contribution in [-0.2, 0) is 0 Å². The van der Waals surface area contributed by atoms with Gasteiger partial charge in [0.1, 0.15) is 10.8 Å². The van der Waals surface area contributed by atoms with E-state index in [2.05, 4.69) is 4.98 Å². The van der Waals surface area contributed by atoms with Gasteiger partial charge in [-0.2, -0.15) is 0 Å². The molecular formula is C14H11ClN2OS. The maximum atomic E-state index is 6.16.